The number of rotatable bonds is 5. The maximum atomic E-state index is 4.44. The molecular weight excluding hydrogens is 304 g/mol. The first kappa shape index (κ1) is 14.3. The Morgan fingerprint density at radius 3 is 2.79 bits per heavy atom. The predicted octanol–water partition coefficient (Wildman–Crippen LogP) is 1.86. The second-order valence-electron chi connectivity index (χ2n) is 5.25. The number of pyridine rings is 1. The van der Waals surface area contributed by atoms with Gasteiger partial charge in [0.15, 0.2) is 5.65 Å². The lowest BCUT2D eigenvalue weighted by atomic mass is 10.3. The van der Waals surface area contributed by atoms with Gasteiger partial charge in [0.05, 0.1) is 17.8 Å². The Kier molecular flexibility index (Phi) is 3.62. The molecule has 120 valence electrons. The normalized spacial score (nSPS) is 11.0. The molecule has 0 aliphatic carbocycles. The Labute approximate surface area is 138 Å². The molecule has 0 unspecified atom stereocenters. The molecule has 4 rings (SSSR count). The minimum absolute atomic E-state index is 0.617. The van der Waals surface area contributed by atoms with Gasteiger partial charge in [-0.05, 0) is 19.1 Å². The van der Waals surface area contributed by atoms with Crippen LogP contribution in [0.3, 0.4) is 0 Å². The number of anilines is 1. The van der Waals surface area contributed by atoms with Crippen LogP contribution in [0.5, 0.6) is 0 Å². The highest BCUT2D eigenvalue weighted by Crippen LogP contribution is 2.18. The summed E-state index contributed by atoms with van der Waals surface area (Å²) >= 11 is 0. The van der Waals surface area contributed by atoms with Crippen LogP contribution in [-0.4, -0.2) is 40.7 Å². The van der Waals surface area contributed by atoms with E-state index in [2.05, 4.69) is 30.4 Å². The van der Waals surface area contributed by atoms with Gasteiger partial charge in [0.25, 0.3) is 0 Å². The number of aromatic nitrogens is 7. The number of fused-ring (bicyclic) bond motifs is 1. The number of hydrogen-bond acceptors (Lipinski definition) is 6. The quantitative estimate of drug-likeness (QED) is 0.604. The Bertz CT molecular complexity index is 954. The Hall–Kier alpha value is -3.29. The first-order chi connectivity index (χ1) is 11.8. The van der Waals surface area contributed by atoms with Gasteiger partial charge in [0.2, 0.25) is 5.95 Å². The van der Waals surface area contributed by atoms with E-state index < -0.39 is 0 Å². The lowest BCUT2D eigenvalue weighted by molar-refractivity contribution is 0.740. The van der Waals surface area contributed by atoms with Crippen LogP contribution in [0.4, 0.5) is 5.95 Å². The Morgan fingerprint density at radius 1 is 1.08 bits per heavy atom. The van der Waals surface area contributed by atoms with Crippen molar-refractivity contribution in [2.45, 2.75) is 13.5 Å². The zero-order valence-corrected chi connectivity index (χ0v) is 13.2. The molecule has 0 atom stereocenters. The van der Waals surface area contributed by atoms with Crippen LogP contribution in [0.2, 0.25) is 0 Å². The van der Waals surface area contributed by atoms with Gasteiger partial charge in [-0.1, -0.05) is 6.07 Å². The monoisotopic (exact) mass is 320 g/mol. The van der Waals surface area contributed by atoms with Gasteiger partial charge >= 0.3 is 0 Å². The van der Waals surface area contributed by atoms with Gasteiger partial charge in [0.1, 0.15) is 12.2 Å². The van der Waals surface area contributed by atoms with Gasteiger partial charge in [-0.2, -0.15) is 5.10 Å². The van der Waals surface area contributed by atoms with Crippen LogP contribution < -0.4 is 5.32 Å². The van der Waals surface area contributed by atoms with Gasteiger partial charge < -0.3 is 9.88 Å². The third-order valence-electron chi connectivity index (χ3n) is 3.67. The molecule has 8 nitrogen and oxygen atoms in total. The summed E-state index contributed by atoms with van der Waals surface area (Å²) in [6, 6.07) is 5.93. The highest BCUT2D eigenvalue weighted by Gasteiger charge is 2.10. The van der Waals surface area contributed by atoms with Crippen molar-refractivity contribution in [3.05, 3.63) is 55.0 Å². The van der Waals surface area contributed by atoms with Crippen LogP contribution in [0, 0.1) is 0 Å². The van der Waals surface area contributed by atoms with Gasteiger partial charge in [-0.15, -0.1) is 0 Å². The number of imidazole rings is 1. The molecule has 0 radical (unpaired) electrons. The van der Waals surface area contributed by atoms with Crippen molar-refractivity contribution in [2.24, 2.45) is 0 Å². The molecule has 0 aliphatic heterocycles. The van der Waals surface area contributed by atoms with E-state index in [1.54, 1.807) is 24.9 Å². The maximum Gasteiger partial charge on any atom is 0.222 e. The molecule has 0 spiro atoms. The third-order valence-corrected chi connectivity index (χ3v) is 3.67. The van der Waals surface area contributed by atoms with Crippen molar-refractivity contribution < 1.29 is 0 Å². The molecule has 4 heterocycles. The molecule has 0 saturated carbocycles. The van der Waals surface area contributed by atoms with E-state index in [0.717, 1.165) is 29.3 Å². The topological polar surface area (TPSA) is 85.8 Å². The van der Waals surface area contributed by atoms with Crippen LogP contribution >= 0.6 is 0 Å². The van der Waals surface area contributed by atoms with Crippen molar-refractivity contribution in [3.63, 3.8) is 0 Å². The molecule has 0 saturated heterocycles. The van der Waals surface area contributed by atoms with Crippen LogP contribution in [0.15, 0.2) is 49.3 Å². The second-order valence-corrected chi connectivity index (χ2v) is 5.25. The third kappa shape index (κ3) is 2.58. The molecule has 24 heavy (non-hydrogen) atoms. The van der Waals surface area contributed by atoms with Gasteiger partial charge in [0, 0.05) is 31.3 Å². The average Bonchev–Trinajstić information content (AvgIpc) is 3.25. The molecular formula is C16H16N8. The Balaban J connectivity index is 1.66. The van der Waals surface area contributed by atoms with Crippen molar-refractivity contribution in [1.29, 1.82) is 0 Å². The lowest BCUT2D eigenvalue weighted by Crippen LogP contribution is -2.07. The SMILES string of the molecule is CCNc1ncc(-c2nccn2Cc2cccc3ncnn23)cn1. The molecule has 4 aromatic heterocycles. The lowest BCUT2D eigenvalue weighted by Gasteiger charge is -2.09. The highest BCUT2D eigenvalue weighted by molar-refractivity contribution is 5.54. The number of nitrogens with zero attached hydrogens (tertiary/aromatic N) is 7. The fraction of sp³-hybridized carbons (Fsp3) is 0.188. The predicted molar refractivity (Wildman–Crippen MR) is 89.5 cm³/mol. The minimum atomic E-state index is 0.617. The molecule has 0 bridgehead atoms. The number of hydrogen-bond donors (Lipinski definition) is 1. The molecule has 0 aromatic carbocycles. The molecule has 0 fully saturated rings. The first-order valence-electron chi connectivity index (χ1n) is 7.70. The van der Waals surface area contributed by atoms with E-state index in [-0.39, 0.29) is 0 Å². The first-order valence-corrected chi connectivity index (χ1v) is 7.70. The van der Waals surface area contributed by atoms with Gasteiger partial charge in [-0.3, -0.25) is 0 Å². The zero-order valence-electron chi connectivity index (χ0n) is 13.2. The maximum absolute atomic E-state index is 4.44. The van der Waals surface area contributed by atoms with Crippen LogP contribution in [0.1, 0.15) is 12.6 Å². The molecule has 8 heteroatoms. The summed E-state index contributed by atoms with van der Waals surface area (Å²) in [5, 5.41) is 7.36. The van der Waals surface area contributed by atoms with Crippen molar-refractivity contribution in [3.8, 4) is 11.4 Å². The van der Waals surface area contributed by atoms with Crippen LogP contribution in [0.25, 0.3) is 17.0 Å². The molecule has 1 N–H and O–H groups in total. The Morgan fingerprint density at radius 2 is 1.96 bits per heavy atom. The van der Waals surface area contributed by atoms with E-state index in [1.165, 1.54) is 0 Å². The summed E-state index contributed by atoms with van der Waals surface area (Å²) in [6.45, 7) is 3.43. The summed E-state index contributed by atoms with van der Waals surface area (Å²) in [7, 11) is 0. The van der Waals surface area contributed by atoms with E-state index in [9.17, 15) is 0 Å². The summed E-state index contributed by atoms with van der Waals surface area (Å²) in [4.78, 5) is 17.3. The molecule has 4 aromatic rings. The minimum Gasteiger partial charge on any atom is -0.355 e. The van der Waals surface area contributed by atoms with Crippen molar-refractivity contribution in [1.82, 2.24) is 34.1 Å². The highest BCUT2D eigenvalue weighted by atomic mass is 15.3. The summed E-state index contributed by atoms with van der Waals surface area (Å²) in [5.74, 6) is 1.43. The number of nitrogens with one attached hydrogen (secondary N) is 1. The van der Waals surface area contributed by atoms with Gasteiger partial charge in [-0.25, -0.2) is 24.5 Å². The summed E-state index contributed by atoms with van der Waals surface area (Å²) < 4.78 is 3.87. The molecule has 0 amide bonds. The standard InChI is InChI=1S/C16H16N8/c1-2-17-16-19-8-12(9-20-16)15-18-6-7-23(15)10-13-4-3-5-14-21-11-22-24(13)14/h3-9,11H,2,10H2,1H3,(H,17,19,20). The summed E-state index contributed by atoms with van der Waals surface area (Å²) in [5.41, 5.74) is 2.72. The largest absolute Gasteiger partial charge is 0.355 e. The van der Waals surface area contributed by atoms with E-state index >= 15 is 0 Å². The zero-order chi connectivity index (χ0) is 16.4. The average molecular weight is 320 g/mol. The fourth-order valence-electron chi connectivity index (χ4n) is 2.59. The van der Waals surface area contributed by atoms with E-state index in [4.69, 9.17) is 0 Å². The van der Waals surface area contributed by atoms with Crippen molar-refractivity contribution in [2.75, 3.05) is 11.9 Å². The van der Waals surface area contributed by atoms with E-state index in [0.29, 0.717) is 12.5 Å². The van der Waals surface area contributed by atoms with E-state index in [1.807, 2.05) is 40.4 Å². The van der Waals surface area contributed by atoms with Crippen LogP contribution in [-0.2, 0) is 6.54 Å². The second kappa shape index (κ2) is 6.07. The fourth-order valence-corrected chi connectivity index (χ4v) is 2.59. The summed E-state index contributed by atoms with van der Waals surface area (Å²) in [6.07, 6.45) is 8.82. The molecule has 0 aliphatic rings. The smallest absolute Gasteiger partial charge is 0.222 e. The van der Waals surface area contributed by atoms with Crippen molar-refractivity contribution >= 4 is 11.6 Å².